The van der Waals surface area contributed by atoms with Crippen LogP contribution in [0, 0.1) is 0 Å². The zero-order chi connectivity index (χ0) is 33.8. The largest absolute Gasteiger partial charge is 0.728 e. The molecule has 0 saturated heterocycles. The fraction of sp³-hybridized carbons (Fsp3) is 0.943. The summed E-state index contributed by atoms with van der Waals surface area (Å²) in [5, 5.41) is 3.02. The van der Waals surface area contributed by atoms with Crippen LogP contribution >= 0.6 is 8.25 Å². The van der Waals surface area contributed by atoms with Crippen molar-refractivity contribution < 1.29 is 37.7 Å². The molecule has 0 spiro atoms. The summed E-state index contributed by atoms with van der Waals surface area (Å²) in [5.74, 6) is -0.722. The van der Waals surface area contributed by atoms with Crippen molar-refractivity contribution in [3.63, 3.8) is 0 Å². The summed E-state index contributed by atoms with van der Waals surface area (Å²) < 4.78 is 32.9. The molecule has 2 unspecified atom stereocenters. The van der Waals surface area contributed by atoms with Crippen molar-refractivity contribution in [2.75, 3.05) is 39.5 Å². The lowest BCUT2D eigenvalue weighted by Gasteiger charge is -2.15. The van der Waals surface area contributed by atoms with Gasteiger partial charge in [-0.05, 0) is 12.8 Å². The standard InChI is InChI=1S/C35H70N2O8P/c1-3-5-7-9-11-13-15-17-19-21-23-25-34(38)41-31-33(32-43-46(40)45-42-30-29-37-28-27-36)44-35(39)26-24-22-20-18-16-14-12-10-8-6-4-2/h33,37H,3-32,36H2,1-2H3/q+1. The number of ether oxygens (including phenoxy) is 2. The number of carbonyl (C=O) groups excluding carboxylic acids is 2. The first-order valence-corrected chi connectivity index (χ1v) is 19.8. The van der Waals surface area contributed by atoms with Gasteiger partial charge in [0.15, 0.2) is 6.10 Å². The summed E-state index contributed by atoms with van der Waals surface area (Å²) >= 11 is 0. The molecule has 0 saturated carbocycles. The number of unbranched alkanes of at least 4 members (excludes halogenated alkanes) is 20. The third-order valence-corrected chi connectivity index (χ3v) is 8.45. The average molecular weight is 678 g/mol. The molecular formula is C35H70N2O8P+. The first-order chi connectivity index (χ1) is 22.5. The third-order valence-electron chi connectivity index (χ3n) is 7.86. The van der Waals surface area contributed by atoms with E-state index in [1.54, 1.807) is 0 Å². The van der Waals surface area contributed by atoms with Gasteiger partial charge in [-0.3, -0.25) is 9.59 Å². The van der Waals surface area contributed by atoms with Crippen LogP contribution in [0.3, 0.4) is 0 Å². The van der Waals surface area contributed by atoms with Crippen LogP contribution in [0.4, 0.5) is 0 Å². The van der Waals surface area contributed by atoms with E-state index in [1.165, 1.54) is 103 Å². The Balaban J connectivity index is 4.29. The highest BCUT2D eigenvalue weighted by atomic mass is 31.1. The number of carbonyl (C=O) groups is 2. The molecule has 46 heavy (non-hydrogen) atoms. The molecule has 0 aliphatic heterocycles. The molecule has 0 heterocycles. The topological polar surface area (TPSA) is 135 Å². The Morgan fingerprint density at radius 3 is 1.57 bits per heavy atom. The van der Waals surface area contributed by atoms with Crippen molar-refractivity contribution in [3.05, 3.63) is 0 Å². The van der Waals surface area contributed by atoms with Crippen molar-refractivity contribution in [2.24, 2.45) is 5.73 Å². The molecule has 2 atom stereocenters. The van der Waals surface area contributed by atoms with Crippen molar-refractivity contribution in [3.8, 4) is 0 Å². The minimum atomic E-state index is -2.59. The van der Waals surface area contributed by atoms with Gasteiger partial charge in [0.05, 0.1) is 11.3 Å². The fourth-order valence-corrected chi connectivity index (χ4v) is 5.56. The summed E-state index contributed by atoms with van der Waals surface area (Å²) in [5.41, 5.74) is 5.41. The molecule has 3 N–H and O–H groups in total. The molecule has 0 aliphatic rings. The second-order valence-electron chi connectivity index (χ2n) is 12.3. The Morgan fingerprint density at radius 2 is 1.09 bits per heavy atom. The molecule has 0 amide bonds. The second-order valence-corrected chi connectivity index (χ2v) is 13.2. The van der Waals surface area contributed by atoms with Crippen molar-refractivity contribution in [1.29, 1.82) is 0 Å². The van der Waals surface area contributed by atoms with Crippen molar-refractivity contribution in [2.45, 2.75) is 174 Å². The number of esters is 2. The predicted molar refractivity (Wildman–Crippen MR) is 186 cm³/mol. The van der Waals surface area contributed by atoms with E-state index >= 15 is 0 Å². The Hall–Kier alpha value is -1.16. The maximum absolute atomic E-state index is 12.5. The Morgan fingerprint density at radius 1 is 0.630 bits per heavy atom. The first kappa shape index (κ1) is 44.8. The summed E-state index contributed by atoms with van der Waals surface area (Å²) in [6, 6.07) is 0. The first-order valence-electron chi connectivity index (χ1n) is 18.7. The molecule has 0 radical (unpaired) electrons. The minimum Gasteiger partial charge on any atom is -0.462 e. The number of nitrogens with one attached hydrogen (secondary N) is 1. The van der Waals surface area contributed by atoms with E-state index in [2.05, 4.69) is 19.2 Å². The van der Waals surface area contributed by atoms with Crippen LogP contribution in [-0.4, -0.2) is 57.5 Å². The molecule has 11 heteroatoms. The summed E-state index contributed by atoms with van der Waals surface area (Å²) in [4.78, 5) is 29.7. The average Bonchev–Trinajstić information content (AvgIpc) is 3.05. The molecule has 0 rings (SSSR count). The van der Waals surface area contributed by atoms with Gasteiger partial charge < -0.3 is 20.5 Å². The minimum absolute atomic E-state index is 0.159. The van der Waals surface area contributed by atoms with Crippen molar-refractivity contribution >= 4 is 20.2 Å². The summed E-state index contributed by atoms with van der Waals surface area (Å²) in [7, 11) is -2.59. The van der Waals surface area contributed by atoms with Crippen LogP contribution in [0.5, 0.6) is 0 Å². The van der Waals surface area contributed by atoms with Crippen LogP contribution < -0.4 is 11.1 Å². The van der Waals surface area contributed by atoms with E-state index in [1.807, 2.05) is 0 Å². The number of hydrogen-bond acceptors (Lipinski definition) is 10. The smallest absolute Gasteiger partial charge is 0.462 e. The molecule has 0 bridgehead atoms. The van der Waals surface area contributed by atoms with Gasteiger partial charge in [-0.25, -0.2) is 0 Å². The number of hydrogen-bond donors (Lipinski definition) is 2. The molecule has 10 nitrogen and oxygen atoms in total. The van der Waals surface area contributed by atoms with Gasteiger partial charge >= 0.3 is 20.2 Å². The monoisotopic (exact) mass is 677 g/mol. The van der Waals surface area contributed by atoms with Gasteiger partial charge in [-0.1, -0.05) is 142 Å². The van der Waals surface area contributed by atoms with E-state index in [9.17, 15) is 14.2 Å². The molecular weight excluding hydrogens is 607 g/mol. The number of rotatable bonds is 37. The van der Waals surface area contributed by atoms with E-state index in [-0.39, 0.29) is 38.2 Å². The maximum Gasteiger partial charge on any atom is 0.728 e. The zero-order valence-electron chi connectivity index (χ0n) is 29.6. The van der Waals surface area contributed by atoms with Gasteiger partial charge in [-0.2, -0.15) is 4.89 Å². The van der Waals surface area contributed by atoms with Gasteiger partial charge in [0.25, 0.3) is 0 Å². The van der Waals surface area contributed by atoms with Gasteiger partial charge in [-0.15, -0.1) is 4.52 Å². The molecule has 0 aliphatic carbocycles. The number of nitrogens with two attached hydrogens (primary N) is 1. The Labute approximate surface area is 282 Å². The van der Waals surface area contributed by atoms with E-state index in [0.717, 1.165) is 38.5 Å². The van der Waals surface area contributed by atoms with Crippen LogP contribution in [0.1, 0.15) is 168 Å². The zero-order valence-corrected chi connectivity index (χ0v) is 30.5. The van der Waals surface area contributed by atoms with Crippen LogP contribution in [0.15, 0.2) is 0 Å². The highest BCUT2D eigenvalue weighted by Crippen LogP contribution is 2.24. The Bertz CT molecular complexity index is 702. The molecule has 0 aromatic heterocycles. The van der Waals surface area contributed by atoms with Gasteiger partial charge in [0.2, 0.25) is 0 Å². The van der Waals surface area contributed by atoms with Gasteiger partial charge in [0.1, 0.15) is 13.2 Å². The molecule has 0 aromatic carbocycles. The SMILES string of the molecule is CCCCCCCCCCCCCC(=O)OCC(CO[P+](=O)OOCCNCCN)OC(=O)CCCCCCCCCCCCC. The normalized spacial score (nSPS) is 12.3. The van der Waals surface area contributed by atoms with Crippen LogP contribution in [0.25, 0.3) is 0 Å². The second kappa shape index (κ2) is 36.7. The van der Waals surface area contributed by atoms with Gasteiger partial charge in [0, 0.05) is 37.0 Å². The summed E-state index contributed by atoms with van der Waals surface area (Å²) in [6.45, 7) is 5.86. The van der Waals surface area contributed by atoms with Crippen LogP contribution in [0.2, 0.25) is 0 Å². The fourth-order valence-electron chi connectivity index (χ4n) is 5.07. The highest BCUT2D eigenvalue weighted by molar-refractivity contribution is 7.33. The lowest BCUT2D eigenvalue weighted by molar-refractivity contribution is -0.208. The van der Waals surface area contributed by atoms with Crippen molar-refractivity contribution in [1.82, 2.24) is 5.32 Å². The lowest BCUT2D eigenvalue weighted by atomic mass is 10.1. The lowest BCUT2D eigenvalue weighted by Crippen LogP contribution is -2.29. The summed E-state index contributed by atoms with van der Waals surface area (Å²) in [6.07, 6.45) is 26.1. The predicted octanol–water partition coefficient (Wildman–Crippen LogP) is 9.01. The van der Waals surface area contributed by atoms with Crippen LogP contribution in [-0.2, 0) is 37.7 Å². The molecule has 0 aromatic rings. The molecule has 272 valence electrons. The quantitative estimate of drug-likeness (QED) is 0.0216. The van der Waals surface area contributed by atoms with E-state index in [4.69, 9.17) is 29.3 Å². The molecule has 0 fully saturated rings. The highest BCUT2D eigenvalue weighted by Gasteiger charge is 2.27. The third kappa shape index (κ3) is 34.2. The maximum atomic E-state index is 12.5. The van der Waals surface area contributed by atoms with E-state index < -0.39 is 14.4 Å². The Kier molecular flexibility index (Phi) is 35.7. The van der Waals surface area contributed by atoms with E-state index in [0.29, 0.717) is 26.1 Å².